The van der Waals surface area contributed by atoms with Crippen molar-refractivity contribution < 1.29 is 4.79 Å². The van der Waals surface area contributed by atoms with Gasteiger partial charge in [0, 0.05) is 16.5 Å². The van der Waals surface area contributed by atoms with E-state index in [-0.39, 0.29) is 11.7 Å². The van der Waals surface area contributed by atoms with Crippen LogP contribution >= 0.6 is 11.6 Å². The molecule has 0 radical (unpaired) electrons. The molecule has 1 nitrogen and oxygen atoms in total. The van der Waals surface area contributed by atoms with E-state index in [1.165, 1.54) is 5.56 Å². The minimum absolute atomic E-state index is 0.125. The van der Waals surface area contributed by atoms with Crippen LogP contribution in [0.1, 0.15) is 33.8 Å². The van der Waals surface area contributed by atoms with Crippen LogP contribution in [0.4, 0.5) is 0 Å². The molecule has 1 fully saturated rings. The van der Waals surface area contributed by atoms with Crippen LogP contribution in [0.2, 0.25) is 5.02 Å². The number of halogens is 1. The molecule has 2 unspecified atom stereocenters. The van der Waals surface area contributed by atoms with E-state index in [4.69, 9.17) is 11.6 Å². The summed E-state index contributed by atoms with van der Waals surface area (Å²) in [7, 11) is 0. The Morgan fingerprint density at radius 2 is 1.89 bits per heavy atom. The maximum absolute atomic E-state index is 12.4. The number of benzene rings is 2. The summed E-state index contributed by atoms with van der Waals surface area (Å²) >= 11 is 6.02. The highest BCUT2D eigenvalue weighted by molar-refractivity contribution is 6.31. The Balaban J connectivity index is 1.80. The molecule has 96 valence electrons. The summed E-state index contributed by atoms with van der Waals surface area (Å²) in [5, 5.41) is 0.639. The summed E-state index contributed by atoms with van der Waals surface area (Å²) in [6, 6.07) is 15.8. The summed E-state index contributed by atoms with van der Waals surface area (Å²) < 4.78 is 0. The first-order chi connectivity index (χ1) is 9.15. The lowest BCUT2D eigenvalue weighted by Crippen LogP contribution is -2.03. The highest BCUT2D eigenvalue weighted by atomic mass is 35.5. The third-order valence-corrected chi connectivity index (χ3v) is 3.90. The molecule has 0 aliphatic heterocycles. The highest BCUT2D eigenvalue weighted by Crippen LogP contribution is 2.49. The van der Waals surface area contributed by atoms with Crippen LogP contribution in [0, 0.1) is 12.8 Å². The number of carbonyl (C=O) groups excluding carboxylic acids is 1. The number of rotatable bonds is 3. The summed E-state index contributed by atoms with van der Waals surface area (Å²) in [5.41, 5.74) is 3.04. The van der Waals surface area contributed by atoms with Gasteiger partial charge >= 0.3 is 0 Å². The minimum atomic E-state index is 0.125. The van der Waals surface area contributed by atoms with Crippen molar-refractivity contribution in [1.29, 1.82) is 0 Å². The van der Waals surface area contributed by atoms with Crippen molar-refractivity contribution in [3.8, 4) is 0 Å². The molecule has 2 aromatic rings. The number of ketones is 1. The highest BCUT2D eigenvalue weighted by Gasteiger charge is 2.43. The summed E-state index contributed by atoms with van der Waals surface area (Å²) in [6.07, 6.45) is 0.953. The van der Waals surface area contributed by atoms with Crippen LogP contribution in [-0.2, 0) is 0 Å². The molecular weight excluding hydrogens is 256 g/mol. The zero-order valence-corrected chi connectivity index (χ0v) is 11.5. The van der Waals surface area contributed by atoms with Gasteiger partial charge in [-0.05, 0) is 48.6 Å². The molecule has 2 atom stereocenters. The lowest BCUT2D eigenvalue weighted by molar-refractivity contribution is 0.0965. The number of hydrogen-bond acceptors (Lipinski definition) is 1. The molecule has 0 N–H and O–H groups in total. The molecule has 2 heteroatoms. The van der Waals surface area contributed by atoms with Crippen LogP contribution in [-0.4, -0.2) is 5.78 Å². The molecule has 0 aromatic heterocycles. The molecule has 19 heavy (non-hydrogen) atoms. The number of aryl methyl sites for hydroxylation is 1. The Morgan fingerprint density at radius 3 is 2.58 bits per heavy atom. The second kappa shape index (κ2) is 4.82. The van der Waals surface area contributed by atoms with E-state index in [9.17, 15) is 4.79 Å². The van der Waals surface area contributed by atoms with Crippen molar-refractivity contribution in [2.75, 3.05) is 0 Å². The number of carbonyl (C=O) groups is 1. The van der Waals surface area contributed by atoms with Gasteiger partial charge in [0.1, 0.15) is 0 Å². The first kappa shape index (κ1) is 12.4. The molecule has 2 aromatic carbocycles. The number of Topliss-reactive ketones (excluding diaryl/α,β-unsaturated/α-hetero) is 1. The second-order valence-electron chi connectivity index (χ2n) is 5.24. The van der Waals surface area contributed by atoms with E-state index >= 15 is 0 Å². The first-order valence-electron chi connectivity index (χ1n) is 6.51. The topological polar surface area (TPSA) is 17.1 Å². The third kappa shape index (κ3) is 2.57. The molecule has 1 aliphatic carbocycles. The predicted molar refractivity (Wildman–Crippen MR) is 77.8 cm³/mol. The average Bonchev–Trinajstić information content (AvgIpc) is 3.18. The molecule has 3 rings (SSSR count). The van der Waals surface area contributed by atoms with E-state index < -0.39 is 0 Å². The number of hydrogen-bond donors (Lipinski definition) is 0. The summed E-state index contributed by atoms with van der Waals surface area (Å²) in [5.74, 6) is 0.729. The fourth-order valence-electron chi connectivity index (χ4n) is 2.65. The monoisotopic (exact) mass is 270 g/mol. The van der Waals surface area contributed by atoms with E-state index in [2.05, 4.69) is 12.1 Å². The van der Waals surface area contributed by atoms with E-state index in [1.54, 1.807) is 6.07 Å². The fraction of sp³-hybridized carbons (Fsp3) is 0.235. The molecule has 0 heterocycles. The van der Waals surface area contributed by atoms with Gasteiger partial charge in [-0.2, -0.15) is 0 Å². The largest absolute Gasteiger partial charge is 0.294 e. The van der Waals surface area contributed by atoms with Gasteiger partial charge < -0.3 is 0 Å². The normalized spacial score (nSPS) is 21.2. The van der Waals surface area contributed by atoms with Gasteiger partial charge in [-0.15, -0.1) is 0 Å². The van der Waals surface area contributed by atoms with Gasteiger partial charge in [0.15, 0.2) is 5.78 Å². The Labute approximate surface area is 118 Å². The van der Waals surface area contributed by atoms with E-state index in [0.717, 1.165) is 17.5 Å². The van der Waals surface area contributed by atoms with Crippen LogP contribution in [0.15, 0.2) is 48.5 Å². The van der Waals surface area contributed by atoms with Gasteiger partial charge in [-0.1, -0.05) is 41.9 Å². The molecule has 1 saturated carbocycles. The average molecular weight is 271 g/mol. The maximum Gasteiger partial charge on any atom is 0.166 e. The Morgan fingerprint density at radius 1 is 1.16 bits per heavy atom. The molecule has 1 aliphatic rings. The fourth-order valence-corrected chi connectivity index (χ4v) is 2.94. The SMILES string of the molecule is Cc1cc(Cl)cc(C(=O)C2CC2c2ccccc2)c1. The third-order valence-electron chi connectivity index (χ3n) is 3.68. The Bertz CT molecular complexity index is 598. The predicted octanol–water partition coefficient (Wildman–Crippen LogP) is 4.63. The summed E-state index contributed by atoms with van der Waals surface area (Å²) in [6.45, 7) is 1.96. The van der Waals surface area contributed by atoms with Gasteiger partial charge in [-0.25, -0.2) is 0 Å². The van der Waals surface area contributed by atoms with Crippen molar-refractivity contribution in [3.05, 3.63) is 70.2 Å². The van der Waals surface area contributed by atoms with Crippen LogP contribution < -0.4 is 0 Å². The van der Waals surface area contributed by atoms with Crippen molar-refractivity contribution in [2.24, 2.45) is 5.92 Å². The zero-order valence-electron chi connectivity index (χ0n) is 10.8. The van der Waals surface area contributed by atoms with Crippen LogP contribution in [0.5, 0.6) is 0 Å². The maximum atomic E-state index is 12.4. The lowest BCUT2D eigenvalue weighted by atomic mass is 10.0. The van der Waals surface area contributed by atoms with Gasteiger partial charge in [0.25, 0.3) is 0 Å². The molecule has 0 amide bonds. The quantitative estimate of drug-likeness (QED) is 0.743. The van der Waals surface area contributed by atoms with Gasteiger partial charge in [0.05, 0.1) is 0 Å². The van der Waals surface area contributed by atoms with Gasteiger partial charge in [0.2, 0.25) is 0 Å². The van der Waals surface area contributed by atoms with Crippen molar-refractivity contribution in [1.82, 2.24) is 0 Å². The van der Waals surface area contributed by atoms with Crippen molar-refractivity contribution in [2.45, 2.75) is 19.3 Å². The lowest BCUT2D eigenvalue weighted by Gasteiger charge is -2.03. The second-order valence-corrected chi connectivity index (χ2v) is 5.68. The minimum Gasteiger partial charge on any atom is -0.294 e. The van der Waals surface area contributed by atoms with Crippen molar-refractivity contribution in [3.63, 3.8) is 0 Å². The smallest absolute Gasteiger partial charge is 0.166 e. The zero-order chi connectivity index (χ0) is 13.4. The Kier molecular flexibility index (Phi) is 3.16. The molecule has 0 spiro atoms. The van der Waals surface area contributed by atoms with Crippen LogP contribution in [0.3, 0.4) is 0 Å². The van der Waals surface area contributed by atoms with E-state index in [0.29, 0.717) is 10.9 Å². The van der Waals surface area contributed by atoms with E-state index in [1.807, 2.05) is 37.3 Å². The van der Waals surface area contributed by atoms with Crippen molar-refractivity contribution >= 4 is 17.4 Å². The molecule has 0 saturated heterocycles. The Hall–Kier alpha value is -1.60. The first-order valence-corrected chi connectivity index (χ1v) is 6.89. The van der Waals surface area contributed by atoms with Gasteiger partial charge in [-0.3, -0.25) is 4.79 Å². The molecule has 0 bridgehead atoms. The van der Waals surface area contributed by atoms with Crippen LogP contribution in [0.25, 0.3) is 0 Å². The summed E-state index contributed by atoms with van der Waals surface area (Å²) in [4.78, 5) is 12.4. The molecular formula is C17H15ClO. The standard InChI is InChI=1S/C17H15ClO/c1-11-7-13(9-14(18)8-11)17(19)16-10-15(16)12-5-3-2-4-6-12/h2-9,15-16H,10H2,1H3.